The quantitative estimate of drug-likeness (QED) is 0.849. The second-order valence-electron chi connectivity index (χ2n) is 6.07. The molecule has 6 nitrogen and oxygen atoms in total. The largest absolute Gasteiger partial charge is 0.368 e. The van der Waals surface area contributed by atoms with Crippen molar-refractivity contribution in [3.05, 3.63) is 60.6 Å². The van der Waals surface area contributed by atoms with Crippen molar-refractivity contribution in [2.24, 2.45) is 0 Å². The van der Waals surface area contributed by atoms with Gasteiger partial charge in [0.1, 0.15) is 11.5 Å². The minimum absolute atomic E-state index is 0.0633. The molecule has 2 heterocycles. The van der Waals surface area contributed by atoms with Gasteiger partial charge in [0, 0.05) is 38.4 Å². The summed E-state index contributed by atoms with van der Waals surface area (Å²) in [6.45, 7) is 9.36. The first-order valence-corrected chi connectivity index (χ1v) is 8.45. The molecule has 0 saturated carbocycles. The van der Waals surface area contributed by atoms with Crippen molar-refractivity contribution in [1.29, 1.82) is 0 Å². The molecular formula is C19H23N5O. The predicted octanol–water partition coefficient (Wildman–Crippen LogP) is 2.35. The Labute approximate surface area is 148 Å². The van der Waals surface area contributed by atoms with Crippen LogP contribution in [0.5, 0.6) is 0 Å². The lowest BCUT2D eigenvalue weighted by Crippen LogP contribution is -2.49. The molecule has 130 valence electrons. The van der Waals surface area contributed by atoms with E-state index in [4.69, 9.17) is 0 Å². The van der Waals surface area contributed by atoms with Gasteiger partial charge in [-0.3, -0.25) is 4.79 Å². The van der Waals surface area contributed by atoms with Crippen molar-refractivity contribution in [3.8, 4) is 0 Å². The van der Waals surface area contributed by atoms with Crippen LogP contribution in [0.15, 0.2) is 49.3 Å². The van der Waals surface area contributed by atoms with Gasteiger partial charge < -0.3 is 15.1 Å². The summed E-state index contributed by atoms with van der Waals surface area (Å²) in [4.78, 5) is 25.2. The molecular weight excluding hydrogens is 314 g/mol. The van der Waals surface area contributed by atoms with Gasteiger partial charge in [-0.05, 0) is 24.6 Å². The molecule has 0 radical (unpaired) electrons. The minimum Gasteiger partial charge on any atom is -0.368 e. The molecule has 1 aliphatic rings. The van der Waals surface area contributed by atoms with Gasteiger partial charge in [0.05, 0.1) is 12.4 Å². The standard InChI is InChI=1S/C19H23N5O/c1-3-7-20-18-14-21-17(13-22-18)19(25)24-10-8-23(9-11-24)16-6-4-5-15(2)12-16/h3-6,12-14H,1,7-11H2,2H3,(H,20,22). The zero-order valence-electron chi connectivity index (χ0n) is 14.5. The zero-order chi connectivity index (χ0) is 17.6. The SMILES string of the molecule is C=CCNc1cnc(C(=O)N2CCN(c3cccc(C)c3)CC2)cn1. The van der Waals surface area contributed by atoms with Crippen molar-refractivity contribution >= 4 is 17.4 Å². The smallest absolute Gasteiger partial charge is 0.274 e. The Morgan fingerprint density at radius 2 is 2.04 bits per heavy atom. The maximum absolute atomic E-state index is 12.6. The molecule has 0 unspecified atom stereocenters. The summed E-state index contributed by atoms with van der Waals surface area (Å²) < 4.78 is 0. The molecule has 0 atom stereocenters. The molecule has 1 aromatic carbocycles. The van der Waals surface area contributed by atoms with Crippen molar-refractivity contribution in [1.82, 2.24) is 14.9 Å². The molecule has 1 fully saturated rings. The van der Waals surface area contributed by atoms with Crippen molar-refractivity contribution in [2.75, 3.05) is 42.9 Å². The minimum atomic E-state index is -0.0633. The third kappa shape index (κ3) is 4.15. The number of piperazine rings is 1. The second-order valence-corrected chi connectivity index (χ2v) is 6.07. The van der Waals surface area contributed by atoms with E-state index >= 15 is 0 Å². The zero-order valence-corrected chi connectivity index (χ0v) is 14.5. The summed E-state index contributed by atoms with van der Waals surface area (Å²) in [5, 5.41) is 3.05. The normalized spacial score (nSPS) is 14.3. The summed E-state index contributed by atoms with van der Waals surface area (Å²) in [6, 6.07) is 8.46. The van der Waals surface area contributed by atoms with Gasteiger partial charge in [0.25, 0.3) is 5.91 Å². The number of amides is 1. The highest BCUT2D eigenvalue weighted by Crippen LogP contribution is 2.18. The number of nitrogens with zero attached hydrogens (tertiary/aromatic N) is 4. The Bertz CT molecular complexity index is 736. The summed E-state index contributed by atoms with van der Waals surface area (Å²) >= 11 is 0. The Balaban J connectivity index is 1.58. The molecule has 2 aromatic rings. The Morgan fingerprint density at radius 1 is 1.24 bits per heavy atom. The van der Waals surface area contributed by atoms with Crippen LogP contribution in [0.1, 0.15) is 16.1 Å². The topological polar surface area (TPSA) is 61.4 Å². The van der Waals surface area contributed by atoms with E-state index in [1.54, 1.807) is 12.3 Å². The first-order valence-electron chi connectivity index (χ1n) is 8.45. The van der Waals surface area contributed by atoms with Crippen LogP contribution >= 0.6 is 0 Å². The summed E-state index contributed by atoms with van der Waals surface area (Å²) in [6.07, 6.45) is 4.86. The highest BCUT2D eigenvalue weighted by molar-refractivity contribution is 5.92. The Kier molecular flexibility index (Phi) is 5.28. The molecule has 1 amide bonds. The van der Waals surface area contributed by atoms with Gasteiger partial charge in [-0.15, -0.1) is 6.58 Å². The molecule has 3 rings (SSSR count). The molecule has 25 heavy (non-hydrogen) atoms. The Morgan fingerprint density at radius 3 is 2.68 bits per heavy atom. The molecule has 6 heteroatoms. The fourth-order valence-electron chi connectivity index (χ4n) is 2.86. The maximum Gasteiger partial charge on any atom is 0.274 e. The number of benzene rings is 1. The summed E-state index contributed by atoms with van der Waals surface area (Å²) in [5.41, 5.74) is 2.84. The van der Waals surface area contributed by atoms with Crippen LogP contribution in [0, 0.1) is 6.92 Å². The average Bonchev–Trinajstić information content (AvgIpc) is 2.66. The number of anilines is 2. The number of rotatable bonds is 5. The fraction of sp³-hybridized carbons (Fsp3) is 0.316. The van der Waals surface area contributed by atoms with Crippen molar-refractivity contribution < 1.29 is 4.79 Å². The molecule has 1 aliphatic heterocycles. The fourth-order valence-corrected chi connectivity index (χ4v) is 2.86. The van der Waals surface area contributed by atoms with E-state index in [0.29, 0.717) is 31.1 Å². The molecule has 0 bridgehead atoms. The third-order valence-corrected chi connectivity index (χ3v) is 4.23. The van der Waals surface area contributed by atoms with Crippen LogP contribution in [-0.4, -0.2) is 53.5 Å². The molecule has 0 spiro atoms. The maximum atomic E-state index is 12.6. The van der Waals surface area contributed by atoms with Gasteiger partial charge in [-0.25, -0.2) is 9.97 Å². The average molecular weight is 337 g/mol. The number of carbonyl (C=O) groups excluding carboxylic acids is 1. The number of hydrogen-bond acceptors (Lipinski definition) is 5. The van der Waals surface area contributed by atoms with Crippen LogP contribution in [0.3, 0.4) is 0 Å². The van der Waals surface area contributed by atoms with Crippen molar-refractivity contribution in [2.45, 2.75) is 6.92 Å². The number of aryl methyl sites for hydroxylation is 1. The van der Waals surface area contributed by atoms with E-state index in [-0.39, 0.29) is 5.91 Å². The molecule has 1 saturated heterocycles. The van der Waals surface area contributed by atoms with Crippen molar-refractivity contribution in [3.63, 3.8) is 0 Å². The number of aromatic nitrogens is 2. The van der Waals surface area contributed by atoms with Crippen LogP contribution in [0.25, 0.3) is 0 Å². The van der Waals surface area contributed by atoms with E-state index in [1.165, 1.54) is 17.4 Å². The van der Waals surface area contributed by atoms with Gasteiger partial charge in [-0.1, -0.05) is 18.2 Å². The molecule has 1 N–H and O–H groups in total. The van der Waals surface area contributed by atoms with E-state index in [0.717, 1.165) is 13.1 Å². The Hall–Kier alpha value is -2.89. The summed E-state index contributed by atoms with van der Waals surface area (Å²) in [7, 11) is 0. The highest BCUT2D eigenvalue weighted by atomic mass is 16.2. The molecule has 1 aromatic heterocycles. The number of nitrogens with one attached hydrogen (secondary N) is 1. The lowest BCUT2D eigenvalue weighted by Gasteiger charge is -2.36. The van der Waals surface area contributed by atoms with Crippen LogP contribution in [-0.2, 0) is 0 Å². The first kappa shape index (κ1) is 17.0. The van der Waals surface area contributed by atoms with Gasteiger partial charge in [-0.2, -0.15) is 0 Å². The van der Waals surface area contributed by atoms with Crippen LogP contribution in [0.4, 0.5) is 11.5 Å². The van der Waals surface area contributed by atoms with Crippen LogP contribution in [0.2, 0.25) is 0 Å². The van der Waals surface area contributed by atoms with E-state index in [2.05, 4.69) is 58.0 Å². The van der Waals surface area contributed by atoms with E-state index in [1.807, 2.05) is 4.90 Å². The van der Waals surface area contributed by atoms with E-state index < -0.39 is 0 Å². The lowest BCUT2D eigenvalue weighted by molar-refractivity contribution is 0.0740. The third-order valence-electron chi connectivity index (χ3n) is 4.23. The monoisotopic (exact) mass is 337 g/mol. The lowest BCUT2D eigenvalue weighted by atomic mass is 10.2. The van der Waals surface area contributed by atoms with Gasteiger partial charge >= 0.3 is 0 Å². The van der Waals surface area contributed by atoms with E-state index in [9.17, 15) is 4.79 Å². The molecule has 0 aliphatic carbocycles. The first-order chi connectivity index (χ1) is 12.2. The van der Waals surface area contributed by atoms with Gasteiger partial charge in [0.15, 0.2) is 0 Å². The number of hydrogen-bond donors (Lipinski definition) is 1. The van der Waals surface area contributed by atoms with Crippen LogP contribution < -0.4 is 10.2 Å². The summed E-state index contributed by atoms with van der Waals surface area (Å²) in [5.74, 6) is 0.576. The predicted molar refractivity (Wildman–Crippen MR) is 100 cm³/mol. The van der Waals surface area contributed by atoms with Gasteiger partial charge in [0.2, 0.25) is 0 Å². The second kappa shape index (κ2) is 7.79. The highest BCUT2D eigenvalue weighted by Gasteiger charge is 2.23. The number of carbonyl (C=O) groups is 1.